The Kier molecular flexibility index (Phi) is 4.61. The van der Waals surface area contributed by atoms with E-state index in [0.717, 1.165) is 17.3 Å². The van der Waals surface area contributed by atoms with Crippen molar-refractivity contribution in [2.24, 2.45) is 5.84 Å². The number of amides is 1. The highest BCUT2D eigenvalue weighted by Crippen LogP contribution is 2.29. The number of H-pyrrole nitrogens is 1. The van der Waals surface area contributed by atoms with Gasteiger partial charge in [0.2, 0.25) is 11.7 Å². The number of nitrogens with one attached hydrogen (secondary N) is 2. The third-order valence-corrected chi connectivity index (χ3v) is 5.39. The fourth-order valence-corrected chi connectivity index (χ4v) is 4.01. The summed E-state index contributed by atoms with van der Waals surface area (Å²) >= 11 is 0. The topological polar surface area (TPSA) is 134 Å². The molecule has 0 unspecified atom stereocenters. The van der Waals surface area contributed by atoms with Crippen LogP contribution < -0.4 is 16.2 Å². The summed E-state index contributed by atoms with van der Waals surface area (Å²) in [5.74, 6) is 2.06. The van der Waals surface area contributed by atoms with Gasteiger partial charge in [-0.15, -0.1) is 0 Å². The zero-order valence-corrected chi connectivity index (χ0v) is 15.0. The van der Waals surface area contributed by atoms with Gasteiger partial charge in [-0.2, -0.15) is 0 Å². The Morgan fingerprint density at radius 1 is 1.41 bits per heavy atom. The molecule has 3 aromatic rings. The van der Waals surface area contributed by atoms with E-state index in [1.807, 2.05) is 0 Å². The van der Waals surface area contributed by atoms with Crippen molar-refractivity contribution in [1.82, 2.24) is 10.1 Å². The van der Waals surface area contributed by atoms with Gasteiger partial charge in [-0.1, -0.05) is 5.16 Å². The van der Waals surface area contributed by atoms with Gasteiger partial charge in [-0.3, -0.25) is 4.79 Å². The minimum Gasteiger partial charge on any atom is -0.360 e. The van der Waals surface area contributed by atoms with Gasteiger partial charge in [0.1, 0.15) is 23.1 Å². The number of hydrogen-bond acceptors (Lipinski definition) is 7. The number of hydrazine groups is 1. The summed E-state index contributed by atoms with van der Waals surface area (Å²) in [7, 11) is -2.75. The maximum absolute atomic E-state index is 14.0. The van der Waals surface area contributed by atoms with Crippen molar-refractivity contribution in [3.05, 3.63) is 35.7 Å². The molecular formula is C15H15F2N5O4S. The molecule has 4 N–H and O–H groups in total. The van der Waals surface area contributed by atoms with Crippen LogP contribution in [0.4, 0.5) is 20.3 Å². The predicted molar refractivity (Wildman–Crippen MR) is 92.7 cm³/mol. The second kappa shape index (κ2) is 6.63. The van der Waals surface area contributed by atoms with Gasteiger partial charge in [0.15, 0.2) is 15.6 Å². The molecule has 144 valence electrons. The summed E-state index contributed by atoms with van der Waals surface area (Å²) in [5, 5.41) is 6.74. The number of sulfone groups is 1. The molecule has 9 nitrogen and oxygen atoms in total. The lowest BCUT2D eigenvalue weighted by Gasteiger charge is -2.12. The molecule has 0 radical (unpaired) electrons. The van der Waals surface area contributed by atoms with E-state index in [1.165, 1.54) is 7.05 Å². The van der Waals surface area contributed by atoms with Gasteiger partial charge >= 0.3 is 0 Å². The van der Waals surface area contributed by atoms with Gasteiger partial charge in [0.25, 0.3) is 0 Å². The number of halogens is 2. The number of nitrogens with two attached hydrogens (primary N) is 1. The van der Waals surface area contributed by atoms with E-state index in [2.05, 4.69) is 15.5 Å². The highest BCUT2D eigenvalue weighted by atomic mass is 32.2. The van der Waals surface area contributed by atoms with Crippen molar-refractivity contribution in [2.45, 2.75) is 11.8 Å². The Hall–Kier alpha value is -2.99. The number of carbonyl (C=O) groups excluding carboxylic acids is 1. The van der Waals surface area contributed by atoms with Crippen molar-refractivity contribution >= 4 is 38.2 Å². The normalized spacial score (nSPS) is 11.7. The van der Waals surface area contributed by atoms with E-state index in [9.17, 15) is 22.0 Å². The quantitative estimate of drug-likeness (QED) is 0.437. The van der Waals surface area contributed by atoms with Crippen molar-refractivity contribution in [2.75, 3.05) is 23.1 Å². The average Bonchev–Trinajstić information content (AvgIpc) is 3.10. The van der Waals surface area contributed by atoms with Crippen LogP contribution in [0, 0.1) is 18.6 Å². The fourth-order valence-electron chi connectivity index (χ4n) is 2.68. The minimum atomic E-state index is -4.23. The summed E-state index contributed by atoms with van der Waals surface area (Å²) in [4.78, 5) is 14.2. The molecule has 0 bridgehead atoms. The van der Waals surface area contributed by atoms with Crippen LogP contribution >= 0.6 is 0 Å². The number of anilines is 2. The monoisotopic (exact) mass is 399 g/mol. The first-order chi connectivity index (χ1) is 12.6. The molecule has 0 aliphatic rings. The van der Waals surface area contributed by atoms with E-state index in [1.54, 1.807) is 6.92 Å². The fraction of sp³-hybridized carbons (Fsp3) is 0.200. The summed E-state index contributed by atoms with van der Waals surface area (Å²) in [6.07, 6.45) is 1.01. The first-order valence-corrected chi connectivity index (χ1v) is 9.19. The number of carbonyl (C=O) groups is 1. The average molecular weight is 399 g/mol. The molecule has 2 aromatic heterocycles. The Balaban J connectivity index is 1.88. The van der Waals surface area contributed by atoms with Gasteiger partial charge in [0, 0.05) is 19.3 Å². The molecule has 3 rings (SSSR count). The number of rotatable bonds is 5. The zero-order valence-electron chi connectivity index (χ0n) is 14.2. The number of aryl methyl sites for hydroxylation is 1. The van der Waals surface area contributed by atoms with Gasteiger partial charge in [-0.05, 0) is 13.0 Å². The number of nitrogens with zero attached hydrogens (tertiary/aromatic N) is 2. The van der Waals surface area contributed by atoms with Crippen LogP contribution in [-0.4, -0.2) is 37.3 Å². The molecule has 12 heteroatoms. The first-order valence-electron chi connectivity index (χ1n) is 7.53. The van der Waals surface area contributed by atoms with Crippen molar-refractivity contribution in [3.8, 4) is 0 Å². The molecule has 0 spiro atoms. The summed E-state index contributed by atoms with van der Waals surface area (Å²) in [5.41, 5.74) is 0.236. The van der Waals surface area contributed by atoms with Crippen LogP contribution in [0.5, 0.6) is 0 Å². The van der Waals surface area contributed by atoms with Crippen LogP contribution in [0.1, 0.15) is 5.76 Å². The Labute approximate surface area is 152 Å². The molecule has 0 aliphatic carbocycles. The van der Waals surface area contributed by atoms with Gasteiger partial charge in [0.05, 0.1) is 15.8 Å². The molecule has 0 saturated carbocycles. The SMILES string of the molecule is Cc1onc(NC(=O)CS(=O)(=O)c2c[nH]c3cc(F)cc(F)c23)c1N(C)N. The predicted octanol–water partition coefficient (Wildman–Crippen LogP) is 1.46. The van der Waals surface area contributed by atoms with Crippen LogP contribution in [-0.2, 0) is 14.6 Å². The molecule has 0 atom stereocenters. The Morgan fingerprint density at radius 2 is 2.11 bits per heavy atom. The maximum Gasteiger partial charge on any atom is 0.241 e. The summed E-state index contributed by atoms with van der Waals surface area (Å²) in [6.45, 7) is 1.56. The van der Waals surface area contributed by atoms with Crippen LogP contribution in [0.15, 0.2) is 27.7 Å². The van der Waals surface area contributed by atoms with Crippen molar-refractivity contribution in [1.29, 1.82) is 0 Å². The van der Waals surface area contributed by atoms with E-state index in [4.69, 9.17) is 10.4 Å². The molecule has 27 heavy (non-hydrogen) atoms. The Morgan fingerprint density at radius 3 is 2.78 bits per heavy atom. The Bertz CT molecular complexity index is 1140. The zero-order chi connectivity index (χ0) is 19.9. The second-order valence-electron chi connectivity index (χ2n) is 5.82. The number of aromatic amines is 1. The molecule has 2 heterocycles. The summed E-state index contributed by atoms with van der Waals surface area (Å²) in [6, 6.07) is 1.52. The number of aromatic nitrogens is 2. The molecule has 0 fully saturated rings. The van der Waals surface area contributed by atoms with Gasteiger partial charge in [-0.25, -0.2) is 23.0 Å². The number of fused-ring (bicyclic) bond motifs is 1. The van der Waals surface area contributed by atoms with Gasteiger partial charge < -0.3 is 19.8 Å². The highest BCUT2D eigenvalue weighted by molar-refractivity contribution is 7.92. The summed E-state index contributed by atoms with van der Waals surface area (Å²) < 4.78 is 57.3. The lowest BCUT2D eigenvalue weighted by molar-refractivity contribution is -0.113. The van der Waals surface area contributed by atoms with Crippen molar-refractivity contribution < 1.29 is 26.5 Å². The molecular weight excluding hydrogens is 384 g/mol. The van der Waals surface area contributed by atoms with Crippen LogP contribution in [0.3, 0.4) is 0 Å². The van der Waals surface area contributed by atoms with Crippen molar-refractivity contribution in [3.63, 3.8) is 0 Å². The lowest BCUT2D eigenvalue weighted by Crippen LogP contribution is -2.28. The first kappa shape index (κ1) is 18.8. The standard InChI is InChI=1S/C15H15F2N5O4S/c1-7-14(22(2)18)15(21-26-7)20-12(23)6-27(24,25)11-5-19-10-4-8(16)3-9(17)13(10)11/h3-5,19H,6,18H2,1-2H3,(H,20,21,23). The largest absolute Gasteiger partial charge is 0.360 e. The second-order valence-corrected chi connectivity index (χ2v) is 7.78. The van der Waals surface area contributed by atoms with Crippen LogP contribution in [0.25, 0.3) is 10.9 Å². The smallest absolute Gasteiger partial charge is 0.241 e. The number of benzene rings is 1. The minimum absolute atomic E-state index is 0.0364. The lowest BCUT2D eigenvalue weighted by atomic mass is 10.2. The molecule has 0 saturated heterocycles. The third kappa shape index (κ3) is 3.48. The third-order valence-electron chi connectivity index (χ3n) is 3.76. The molecule has 1 amide bonds. The molecule has 1 aromatic carbocycles. The van der Waals surface area contributed by atoms with E-state index in [0.29, 0.717) is 11.8 Å². The molecule has 0 aliphatic heterocycles. The van der Waals surface area contributed by atoms with Crippen LogP contribution in [0.2, 0.25) is 0 Å². The highest BCUT2D eigenvalue weighted by Gasteiger charge is 2.26. The maximum atomic E-state index is 14.0. The van der Waals surface area contributed by atoms with E-state index >= 15 is 0 Å². The number of hydrogen-bond donors (Lipinski definition) is 3. The van der Waals surface area contributed by atoms with E-state index < -0.39 is 38.0 Å². The van der Waals surface area contributed by atoms with E-state index in [-0.39, 0.29) is 22.4 Å².